The van der Waals surface area contributed by atoms with Crippen LogP contribution in [0, 0.1) is 0 Å². The average molecular weight is 229 g/mol. The van der Waals surface area contributed by atoms with Crippen molar-refractivity contribution in [2.75, 3.05) is 5.73 Å². The second-order valence-electron chi connectivity index (χ2n) is 3.39. The Labute approximate surface area is 98.0 Å². The summed E-state index contributed by atoms with van der Waals surface area (Å²) in [6, 6.07) is 9.91. The van der Waals surface area contributed by atoms with Crippen LogP contribution in [0.2, 0.25) is 0 Å². The summed E-state index contributed by atoms with van der Waals surface area (Å²) in [6.07, 6.45) is 1.57. The standard InChI is InChI=1S/C12H11N3O2/c13-10-5-2-6-15-12(10)17-9-4-1-3-8(7-9)11(14)16/h1-7H,13H2,(H2,14,16). The number of nitrogens with zero attached hydrogens (tertiary/aromatic N) is 1. The highest BCUT2D eigenvalue weighted by atomic mass is 16.5. The minimum absolute atomic E-state index is 0.300. The molecule has 0 fully saturated rings. The van der Waals surface area contributed by atoms with Gasteiger partial charge < -0.3 is 16.2 Å². The van der Waals surface area contributed by atoms with E-state index in [1.165, 1.54) is 6.07 Å². The quantitative estimate of drug-likeness (QED) is 0.835. The fourth-order valence-corrected chi connectivity index (χ4v) is 1.31. The van der Waals surface area contributed by atoms with Crippen LogP contribution < -0.4 is 16.2 Å². The van der Waals surface area contributed by atoms with E-state index in [9.17, 15) is 4.79 Å². The Kier molecular flexibility index (Phi) is 2.91. The Bertz CT molecular complexity index is 555. The molecule has 0 saturated heterocycles. The molecule has 1 aromatic heterocycles. The van der Waals surface area contributed by atoms with Crippen LogP contribution in [0.25, 0.3) is 0 Å². The van der Waals surface area contributed by atoms with E-state index in [-0.39, 0.29) is 0 Å². The van der Waals surface area contributed by atoms with Crippen molar-refractivity contribution in [1.82, 2.24) is 4.98 Å². The first-order valence-corrected chi connectivity index (χ1v) is 4.95. The normalized spacial score (nSPS) is 9.88. The SMILES string of the molecule is NC(=O)c1cccc(Oc2ncccc2N)c1. The molecule has 0 aliphatic rings. The largest absolute Gasteiger partial charge is 0.437 e. The molecular weight excluding hydrogens is 218 g/mol. The molecule has 0 atom stereocenters. The molecule has 1 aromatic carbocycles. The first kappa shape index (κ1) is 10.9. The number of aromatic nitrogens is 1. The van der Waals surface area contributed by atoms with Gasteiger partial charge in [-0.25, -0.2) is 4.98 Å². The third-order valence-electron chi connectivity index (χ3n) is 2.13. The van der Waals surface area contributed by atoms with Crippen molar-refractivity contribution >= 4 is 11.6 Å². The van der Waals surface area contributed by atoms with Crippen LogP contribution in [0.15, 0.2) is 42.6 Å². The number of amides is 1. The summed E-state index contributed by atoms with van der Waals surface area (Å²) in [7, 11) is 0. The zero-order valence-electron chi connectivity index (χ0n) is 8.96. The van der Waals surface area contributed by atoms with Gasteiger partial charge in [0, 0.05) is 11.8 Å². The van der Waals surface area contributed by atoms with Gasteiger partial charge in [-0.2, -0.15) is 0 Å². The minimum Gasteiger partial charge on any atom is -0.437 e. The molecule has 2 aromatic rings. The molecule has 5 heteroatoms. The number of nitrogens with two attached hydrogens (primary N) is 2. The molecule has 5 nitrogen and oxygen atoms in total. The molecule has 4 N–H and O–H groups in total. The van der Waals surface area contributed by atoms with Crippen molar-refractivity contribution < 1.29 is 9.53 Å². The van der Waals surface area contributed by atoms with Crippen LogP contribution in [-0.2, 0) is 0 Å². The first-order valence-electron chi connectivity index (χ1n) is 4.95. The fourth-order valence-electron chi connectivity index (χ4n) is 1.31. The summed E-state index contributed by atoms with van der Waals surface area (Å²) < 4.78 is 5.46. The highest BCUT2D eigenvalue weighted by Crippen LogP contribution is 2.24. The lowest BCUT2D eigenvalue weighted by Crippen LogP contribution is -2.10. The van der Waals surface area contributed by atoms with E-state index in [1.54, 1.807) is 36.5 Å². The highest BCUT2D eigenvalue weighted by molar-refractivity contribution is 5.93. The number of primary amides is 1. The number of hydrogen-bond acceptors (Lipinski definition) is 4. The lowest BCUT2D eigenvalue weighted by molar-refractivity contribution is 0.1000. The van der Waals surface area contributed by atoms with Gasteiger partial charge in [0.1, 0.15) is 5.75 Å². The summed E-state index contributed by atoms with van der Waals surface area (Å²) in [5.41, 5.74) is 11.7. The van der Waals surface area contributed by atoms with E-state index in [1.807, 2.05) is 0 Å². The lowest BCUT2D eigenvalue weighted by atomic mass is 10.2. The molecule has 0 saturated carbocycles. The Morgan fingerprint density at radius 3 is 2.76 bits per heavy atom. The summed E-state index contributed by atoms with van der Waals surface area (Å²) in [6.45, 7) is 0. The van der Waals surface area contributed by atoms with Gasteiger partial charge >= 0.3 is 0 Å². The van der Waals surface area contributed by atoms with E-state index in [2.05, 4.69) is 4.98 Å². The number of anilines is 1. The fraction of sp³-hybridized carbons (Fsp3) is 0. The van der Waals surface area contributed by atoms with Crippen molar-refractivity contribution in [2.24, 2.45) is 5.73 Å². The van der Waals surface area contributed by atoms with Crippen molar-refractivity contribution in [3.05, 3.63) is 48.2 Å². The number of nitrogen functional groups attached to an aromatic ring is 1. The molecule has 2 rings (SSSR count). The van der Waals surface area contributed by atoms with Gasteiger partial charge in [-0.05, 0) is 30.3 Å². The number of carbonyl (C=O) groups excluding carboxylic acids is 1. The predicted molar refractivity (Wildman–Crippen MR) is 63.7 cm³/mol. The molecule has 0 unspecified atom stereocenters. The smallest absolute Gasteiger partial charge is 0.248 e. The minimum atomic E-state index is -0.510. The molecule has 0 aliphatic carbocycles. The second-order valence-corrected chi connectivity index (χ2v) is 3.39. The molecule has 0 aliphatic heterocycles. The monoisotopic (exact) mass is 229 g/mol. The van der Waals surface area contributed by atoms with Crippen LogP contribution in [0.1, 0.15) is 10.4 Å². The Morgan fingerprint density at radius 2 is 2.06 bits per heavy atom. The van der Waals surface area contributed by atoms with Gasteiger partial charge in [0.25, 0.3) is 0 Å². The van der Waals surface area contributed by atoms with E-state index < -0.39 is 5.91 Å². The topological polar surface area (TPSA) is 91.2 Å². The number of carbonyl (C=O) groups is 1. The number of ether oxygens (including phenoxy) is 1. The van der Waals surface area contributed by atoms with Crippen LogP contribution >= 0.6 is 0 Å². The Morgan fingerprint density at radius 1 is 1.24 bits per heavy atom. The maximum Gasteiger partial charge on any atom is 0.248 e. The van der Waals surface area contributed by atoms with Gasteiger partial charge in [-0.3, -0.25) is 4.79 Å². The molecule has 0 spiro atoms. The van der Waals surface area contributed by atoms with E-state index in [0.717, 1.165) is 0 Å². The zero-order chi connectivity index (χ0) is 12.3. The number of benzene rings is 1. The number of rotatable bonds is 3. The van der Waals surface area contributed by atoms with Crippen molar-refractivity contribution in [2.45, 2.75) is 0 Å². The molecule has 1 heterocycles. The predicted octanol–water partition coefficient (Wildman–Crippen LogP) is 1.55. The average Bonchev–Trinajstić information content (AvgIpc) is 2.32. The third-order valence-corrected chi connectivity index (χ3v) is 2.13. The Balaban J connectivity index is 2.28. The maximum absolute atomic E-state index is 11.0. The molecular formula is C12H11N3O2. The lowest BCUT2D eigenvalue weighted by Gasteiger charge is -2.07. The van der Waals surface area contributed by atoms with Crippen molar-refractivity contribution in [3.63, 3.8) is 0 Å². The molecule has 86 valence electrons. The van der Waals surface area contributed by atoms with Gasteiger partial charge in [0.05, 0.1) is 5.69 Å². The third kappa shape index (κ3) is 2.52. The van der Waals surface area contributed by atoms with Crippen LogP contribution in [0.3, 0.4) is 0 Å². The molecule has 0 radical (unpaired) electrons. The van der Waals surface area contributed by atoms with E-state index in [0.29, 0.717) is 22.9 Å². The number of hydrogen-bond donors (Lipinski definition) is 2. The second kappa shape index (κ2) is 4.52. The summed E-state index contributed by atoms with van der Waals surface area (Å²) >= 11 is 0. The molecule has 17 heavy (non-hydrogen) atoms. The van der Waals surface area contributed by atoms with Crippen molar-refractivity contribution in [3.8, 4) is 11.6 Å². The first-order chi connectivity index (χ1) is 8.16. The summed E-state index contributed by atoms with van der Waals surface area (Å²) in [4.78, 5) is 15.0. The molecule has 0 bridgehead atoms. The van der Waals surface area contributed by atoms with Crippen LogP contribution in [0.5, 0.6) is 11.6 Å². The highest BCUT2D eigenvalue weighted by Gasteiger charge is 2.05. The number of pyridine rings is 1. The van der Waals surface area contributed by atoms with Crippen LogP contribution in [0.4, 0.5) is 5.69 Å². The van der Waals surface area contributed by atoms with Gasteiger partial charge in [0.15, 0.2) is 0 Å². The van der Waals surface area contributed by atoms with Crippen LogP contribution in [-0.4, -0.2) is 10.9 Å². The molecule has 1 amide bonds. The Hall–Kier alpha value is -2.56. The van der Waals surface area contributed by atoms with E-state index in [4.69, 9.17) is 16.2 Å². The summed E-state index contributed by atoms with van der Waals surface area (Å²) in [5.74, 6) is 0.255. The van der Waals surface area contributed by atoms with Gasteiger partial charge in [-0.1, -0.05) is 6.07 Å². The van der Waals surface area contributed by atoms with Crippen molar-refractivity contribution in [1.29, 1.82) is 0 Å². The summed E-state index contributed by atoms with van der Waals surface area (Å²) in [5, 5.41) is 0. The van der Waals surface area contributed by atoms with Gasteiger partial charge in [0.2, 0.25) is 11.8 Å². The van der Waals surface area contributed by atoms with E-state index >= 15 is 0 Å². The zero-order valence-corrected chi connectivity index (χ0v) is 8.96. The maximum atomic E-state index is 11.0. The van der Waals surface area contributed by atoms with Gasteiger partial charge in [-0.15, -0.1) is 0 Å².